The lowest BCUT2D eigenvalue weighted by atomic mass is 10.0. The van der Waals surface area contributed by atoms with Crippen LogP contribution < -0.4 is 4.74 Å². The number of aryl methyl sites for hydroxylation is 3. The minimum absolute atomic E-state index is 0.141. The topological polar surface area (TPSA) is 72.6 Å². The van der Waals surface area contributed by atoms with E-state index < -0.39 is 5.97 Å². The Morgan fingerprint density at radius 1 is 1.11 bits per heavy atom. The molecule has 0 radical (unpaired) electrons. The van der Waals surface area contributed by atoms with Crippen molar-refractivity contribution >= 4 is 5.97 Å². The Hall–Kier alpha value is -3.08. The molecule has 0 atom stereocenters. The Morgan fingerprint density at radius 3 is 2.61 bits per heavy atom. The summed E-state index contributed by atoms with van der Waals surface area (Å²) >= 11 is 0. The lowest BCUT2D eigenvalue weighted by Crippen LogP contribution is -2.04. The van der Waals surface area contributed by atoms with Gasteiger partial charge in [0, 0.05) is 18.4 Å². The summed E-state index contributed by atoms with van der Waals surface area (Å²) in [6.07, 6.45) is 2.18. The highest BCUT2D eigenvalue weighted by Gasteiger charge is 2.12. The van der Waals surface area contributed by atoms with E-state index in [4.69, 9.17) is 14.3 Å². The van der Waals surface area contributed by atoms with Crippen LogP contribution >= 0.6 is 0 Å². The van der Waals surface area contributed by atoms with Gasteiger partial charge in [-0.25, -0.2) is 4.98 Å². The molecule has 0 aliphatic carbocycles. The van der Waals surface area contributed by atoms with Gasteiger partial charge in [-0.15, -0.1) is 0 Å². The third kappa shape index (κ3) is 5.00. The first kappa shape index (κ1) is 19.7. The number of aromatic nitrogens is 1. The van der Waals surface area contributed by atoms with Gasteiger partial charge in [-0.2, -0.15) is 0 Å². The van der Waals surface area contributed by atoms with E-state index in [1.165, 1.54) is 0 Å². The molecule has 1 N–H and O–H groups in total. The van der Waals surface area contributed by atoms with Crippen LogP contribution in [0.5, 0.6) is 5.75 Å². The molecular formula is C23H25NO4. The molecule has 0 spiro atoms. The molecule has 0 fully saturated rings. The fourth-order valence-corrected chi connectivity index (χ4v) is 3.14. The molecule has 0 amide bonds. The van der Waals surface area contributed by atoms with Crippen molar-refractivity contribution in [3.05, 3.63) is 71.1 Å². The average molecular weight is 379 g/mol. The lowest BCUT2D eigenvalue weighted by Gasteiger charge is -2.11. The fraction of sp³-hybridized carbons (Fsp3) is 0.304. The Kier molecular flexibility index (Phi) is 6.48. The van der Waals surface area contributed by atoms with Crippen molar-refractivity contribution in [3.8, 4) is 17.2 Å². The minimum Gasteiger partial charge on any atom is -0.493 e. The molecule has 2 aromatic carbocycles. The zero-order chi connectivity index (χ0) is 19.9. The van der Waals surface area contributed by atoms with Crippen molar-refractivity contribution < 1.29 is 19.1 Å². The molecule has 0 aliphatic heterocycles. The summed E-state index contributed by atoms with van der Waals surface area (Å²) in [5, 5.41) is 8.88. The highest BCUT2D eigenvalue weighted by Crippen LogP contribution is 2.23. The summed E-state index contributed by atoms with van der Waals surface area (Å²) in [4.78, 5) is 15.4. The number of benzene rings is 2. The first-order chi connectivity index (χ1) is 13.6. The predicted octanol–water partition coefficient (Wildman–Crippen LogP) is 4.85. The van der Waals surface area contributed by atoms with Gasteiger partial charge in [-0.1, -0.05) is 31.2 Å². The first-order valence-corrected chi connectivity index (χ1v) is 9.55. The van der Waals surface area contributed by atoms with Gasteiger partial charge in [0.25, 0.3) is 0 Å². The van der Waals surface area contributed by atoms with Gasteiger partial charge in [0.05, 0.1) is 12.3 Å². The Balaban J connectivity index is 1.60. The molecule has 5 heteroatoms. The smallest absolute Gasteiger partial charge is 0.303 e. The molecular weight excluding hydrogens is 354 g/mol. The maximum atomic E-state index is 10.8. The van der Waals surface area contributed by atoms with E-state index in [1.807, 2.05) is 55.5 Å². The molecule has 0 saturated carbocycles. The SMILES string of the molecule is CCc1cc(OCCc2nc(-c3ccccc3)oc2C)ccc1CCC(=O)O. The van der Waals surface area contributed by atoms with Crippen LogP contribution in [0, 0.1) is 6.92 Å². The molecule has 0 aliphatic rings. The summed E-state index contributed by atoms with van der Waals surface area (Å²) < 4.78 is 11.7. The molecule has 0 bridgehead atoms. The van der Waals surface area contributed by atoms with Crippen LogP contribution in [0.2, 0.25) is 0 Å². The molecule has 0 saturated heterocycles. The van der Waals surface area contributed by atoms with Crippen LogP contribution in [0.4, 0.5) is 0 Å². The highest BCUT2D eigenvalue weighted by molar-refractivity contribution is 5.67. The van der Waals surface area contributed by atoms with E-state index in [0.29, 0.717) is 25.3 Å². The number of hydrogen-bond acceptors (Lipinski definition) is 4. The maximum absolute atomic E-state index is 10.8. The van der Waals surface area contributed by atoms with E-state index in [0.717, 1.165) is 40.3 Å². The molecule has 146 valence electrons. The van der Waals surface area contributed by atoms with Crippen LogP contribution in [-0.4, -0.2) is 22.7 Å². The first-order valence-electron chi connectivity index (χ1n) is 9.55. The zero-order valence-corrected chi connectivity index (χ0v) is 16.3. The monoisotopic (exact) mass is 379 g/mol. The molecule has 1 aromatic heterocycles. The highest BCUT2D eigenvalue weighted by atomic mass is 16.5. The van der Waals surface area contributed by atoms with Crippen molar-refractivity contribution in [1.29, 1.82) is 0 Å². The van der Waals surface area contributed by atoms with Gasteiger partial charge in [0.1, 0.15) is 11.5 Å². The van der Waals surface area contributed by atoms with Gasteiger partial charge in [0.15, 0.2) is 0 Å². The second-order valence-corrected chi connectivity index (χ2v) is 6.66. The van der Waals surface area contributed by atoms with Crippen molar-refractivity contribution in [1.82, 2.24) is 4.98 Å². The van der Waals surface area contributed by atoms with E-state index in [2.05, 4.69) is 11.9 Å². The number of hydrogen-bond donors (Lipinski definition) is 1. The summed E-state index contributed by atoms with van der Waals surface area (Å²) in [5.74, 6) is 1.45. The summed E-state index contributed by atoms with van der Waals surface area (Å²) in [5.41, 5.74) is 4.05. The van der Waals surface area contributed by atoms with Gasteiger partial charge in [-0.3, -0.25) is 4.79 Å². The second kappa shape index (κ2) is 9.22. The molecule has 1 heterocycles. The number of nitrogens with zero attached hydrogens (tertiary/aromatic N) is 1. The molecule has 28 heavy (non-hydrogen) atoms. The quantitative estimate of drug-likeness (QED) is 0.575. The number of carboxylic acid groups (broad SMARTS) is 1. The lowest BCUT2D eigenvalue weighted by molar-refractivity contribution is -0.136. The molecule has 3 aromatic rings. The predicted molar refractivity (Wildman–Crippen MR) is 108 cm³/mol. The van der Waals surface area contributed by atoms with Crippen molar-refractivity contribution in [2.75, 3.05) is 6.61 Å². The van der Waals surface area contributed by atoms with E-state index in [1.54, 1.807) is 0 Å². The second-order valence-electron chi connectivity index (χ2n) is 6.66. The van der Waals surface area contributed by atoms with Gasteiger partial charge >= 0.3 is 5.97 Å². The molecule has 3 rings (SSSR count). The van der Waals surface area contributed by atoms with Gasteiger partial charge < -0.3 is 14.3 Å². The number of ether oxygens (including phenoxy) is 1. The number of rotatable bonds is 9. The van der Waals surface area contributed by atoms with Crippen molar-refractivity contribution in [2.45, 2.75) is 39.5 Å². The summed E-state index contributed by atoms with van der Waals surface area (Å²) in [7, 11) is 0. The molecule has 0 unspecified atom stereocenters. The largest absolute Gasteiger partial charge is 0.493 e. The van der Waals surface area contributed by atoms with Crippen LogP contribution in [0.1, 0.15) is 35.9 Å². The average Bonchev–Trinajstić information content (AvgIpc) is 3.08. The third-order valence-electron chi connectivity index (χ3n) is 4.69. The van der Waals surface area contributed by atoms with Crippen LogP contribution in [0.15, 0.2) is 52.9 Å². The third-order valence-corrected chi connectivity index (χ3v) is 4.69. The Morgan fingerprint density at radius 2 is 1.89 bits per heavy atom. The summed E-state index contributed by atoms with van der Waals surface area (Å²) in [6, 6.07) is 15.7. The number of carbonyl (C=O) groups is 1. The minimum atomic E-state index is -0.778. The number of aliphatic carboxylic acids is 1. The maximum Gasteiger partial charge on any atom is 0.303 e. The standard InChI is InChI=1S/C23H25NO4/c1-3-17-15-20(11-9-18(17)10-12-22(25)26)27-14-13-21-16(2)28-23(24-21)19-7-5-4-6-8-19/h4-9,11,15H,3,10,12-14H2,1-2H3,(H,25,26). The van der Waals surface area contributed by atoms with E-state index >= 15 is 0 Å². The van der Waals surface area contributed by atoms with Crippen molar-refractivity contribution in [2.24, 2.45) is 0 Å². The Labute approximate surface area is 165 Å². The van der Waals surface area contributed by atoms with Crippen molar-refractivity contribution in [3.63, 3.8) is 0 Å². The normalized spacial score (nSPS) is 10.8. The Bertz CT molecular complexity index is 931. The molecule has 5 nitrogen and oxygen atoms in total. The zero-order valence-electron chi connectivity index (χ0n) is 16.3. The van der Waals surface area contributed by atoms with Crippen LogP contribution in [-0.2, 0) is 24.1 Å². The summed E-state index contributed by atoms with van der Waals surface area (Å²) in [6.45, 7) is 4.48. The van der Waals surface area contributed by atoms with Crippen LogP contribution in [0.3, 0.4) is 0 Å². The fourth-order valence-electron chi connectivity index (χ4n) is 3.14. The van der Waals surface area contributed by atoms with Gasteiger partial charge in [0.2, 0.25) is 5.89 Å². The van der Waals surface area contributed by atoms with Gasteiger partial charge in [-0.05, 0) is 55.2 Å². The number of oxazole rings is 1. The number of carboxylic acids is 1. The van der Waals surface area contributed by atoms with E-state index in [9.17, 15) is 4.79 Å². The van der Waals surface area contributed by atoms with Crippen LogP contribution in [0.25, 0.3) is 11.5 Å². The van der Waals surface area contributed by atoms with E-state index in [-0.39, 0.29) is 6.42 Å².